The molecule has 9 nitrogen and oxygen atoms in total. The summed E-state index contributed by atoms with van der Waals surface area (Å²) in [4.78, 5) is 36.8. The summed E-state index contributed by atoms with van der Waals surface area (Å²) in [6.07, 6.45) is 1.43. The van der Waals surface area contributed by atoms with E-state index in [1.54, 1.807) is 19.2 Å². The number of carbonyl (C=O) groups excluding carboxylic acids is 1. The average molecular weight is 446 g/mol. The molecule has 1 amide bonds. The van der Waals surface area contributed by atoms with Crippen LogP contribution in [0.15, 0.2) is 65.6 Å². The van der Waals surface area contributed by atoms with Crippen LogP contribution in [0.4, 0.5) is 5.95 Å². The number of halogens is 1. The van der Waals surface area contributed by atoms with E-state index in [1.807, 2.05) is 42.5 Å². The Morgan fingerprint density at radius 2 is 1.84 bits per heavy atom. The molecule has 10 heteroatoms. The van der Waals surface area contributed by atoms with Gasteiger partial charge in [-0.2, -0.15) is 10.1 Å². The van der Waals surface area contributed by atoms with Gasteiger partial charge in [-0.3, -0.25) is 30.1 Å². The van der Waals surface area contributed by atoms with Crippen LogP contribution in [-0.4, -0.2) is 30.6 Å². The van der Waals surface area contributed by atoms with Crippen molar-refractivity contribution >= 4 is 45.4 Å². The molecule has 0 aliphatic heterocycles. The zero-order valence-corrected chi connectivity index (χ0v) is 17.5. The SMILES string of the molecule is Cn1ncc2c(=O)[nH]c(NNC(=O)c3cc(-c4ccccc4Cl)nc4ccccc34)nc21. The van der Waals surface area contributed by atoms with Crippen molar-refractivity contribution in [1.82, 2.24) is 30.2 Å². The van der Waals surface area contributed by atoms with Gasteiger partial charge in [-0.05, 0) is 18.2 Å². The first-order chi connectivity index (χ1) is 15.5. The lowest BCUT2D eigenvalue weighted by atomic mass is 10.0. The van der Waals surface area contributed by atoms with E-state index < -0.39 is 5.91 Å². The molecule has 5 rings (SSSR count). The highest BCUT2D eigenvalue weighted by atomic mass is 35.5. The Kier molecular flexibility index (Phi) is 4.79. The van der Waals surface area contributed by atoms with Gasteiger partial charge in [0, 0.05) is 23.0 Å². The Labute approximate surface area is 186 Å². The van der Waals surface area contributed by atoms with Crippen molar-refractivity contribution < 1.29 is 4.79 Å². The Balaban J connectivity index is 1.51. The molecule has 0 saturated heterocycles. The molecule has 0 unspecified atom stereocenters. The maximum absolute atomic E-state index is 13.1. The molecule has 158 valence electrons. The Morgan fingerprint density at radius 3 is 2.69 bits per heavy atom. The molecule has 2 aromatic carbocycles. The van der Waals surface area contributed by atoms with Gasteiger partial charge in [-0.25, -0.2) is 4.98 Å². The highest BCUT2D eigenvalue weighted by Gasteiger charge is 2.16. The molecule has 0 fully saturated rings. The van der Waals surface area contributed by atoms with Gasteiger partial charge in [0.15, 0.2) is 5.65 Å². The van der Waals surface area contributed by atoms with Gasteiger partial charge in [-0.1, -0.05) is 48.0 Å². The number of carbonyl (C=O) groups is 1. The van der Waals surface area contributed by atoms with Gasteiger partial charge in [0.1, 0.15) is 5.39 Å². The predicted molar refractivity (Wildman–Crippen MR) is 122 cm³/mol. The highest BCUT2D eigenvalue weighted by molar-refractivity contribution is 6.33. The van der Waals surface area contributed by atoms with Gasteiger partial charge in [-0.15, -0.1) is 0 Å². The molecule has 0 saturated carbocycles. The number of hydrazine groups is 1. The zero-order valence-electron chi connectivity index (χ0n) is 16.8. The first kappa shape index (κ1) is 19.7. The number of nitrogens with zero attached hydrogens (tertiary/aromatic N) is 4. The number of aryl methyl sites for hydroxylation is 1. The Morgan fingerprint density at radius 1 is 1.06 bits per heavy atom. The number of amides is 1. The van der Waals surface area contributed by atoms with Crippen LogP contribution in [-0.2, 0) is 7.05 Å². The van der Waals surface area contributed by atoms with Crippen molar-refractivity contribution in [2.75, 3.05) is 5.43 Å². The van der Waals surface area contributed by atoms with E-state index in [-0.39, 0.29) is 11.5 Å². The number of benzene rings is 2. The first-order valence-corrected chi connectivity index (χ1v) is 10.0. The van der Waals surface area contributed by atoms with Crippen LogP contribution >= 0.6 is 11.6 Å². The fourth-order valence-electron chi connectivity index (χ4n) is 3.45. The first-order valence-electron chi connectivity index (χ1n) is 9.64. The van der Waals surface area contributed by atoms with E-state index in [0.717, 1.165) is 5.56 Å². The normalized spacial score (nSPS) is 11.1. The molecule has 0 atom stereocenters. The number of pyridine rings is 1. The van der Waals surface area contributed by atoms with E-state index in [9.17, 15) is 9.59 Å². The summed E-state index contributed by atoms with van der Waals surface area (Å²) in [5.41, 5.74) is 7.62. The summed E-state index contributed by atoms with van der Waals surface area (Å²) in [7, 11) is 1.68. The van der Waals surface area contributed by atoms with E-state index in [4.69, 9.17) is 11.6 Å². The lowest BCUT2D eigenvalue weighted by Crippen LogP contribution is -2.31. The molecule has 0 spiro atoms. The van der Waals surface area contributed by atoms with Crippen LogP contribution in [0.2, 0.25) is 5.02 Å². The second-order valence-electron chi connectivity index (χ2n) is 7.05. The highest BCUT2D eigenvalue weighted by Crippen LogP contribution is 2.29. The molecule has 3 aromatic heterocycles. The van der Waals surface area contributed by atoms with E-state index >= 15 is 0 Å². The molecule has 3 N–H and O–H groups in total. The van der Waals surface area contributed by atoms with Gasteiger partial charge >= 0.3 is 0 Å². The van der Waals surface area contributed by atoms with Crippen molar-refractivity contribution in [2.45, 2.75) is 0 Å². The topological polar surface area (TPSA) is 118 Å². The van der Waals surface area contributed by atoms with Crippen molar-refractivity contribution in [3.05, 3.63) is 81.7 Å². The van der Waals surface area contributed by atoms with Crippen LogP contribution in [0.25, 0.3) is 33.2 Å². The number of nitrogens with one attached hydrogen (secondary N) is 3. The number of hydrogen-bond donors (Lipinski definition) is 3. The summed E-state index contributed by atoms with van der Waals surface area (Å²) < 4.78 is 1.48. The largest absolute Gasteiger partial charge is 0.291 e. The third-order valence-corrected chi connectivity index (χ3v) is 5.34. The molecule has 0 bridgehead atoms. The second kappa shape index (κ2) is 7.78. The number of anilines is 1. The third-order valence-electron chi connectivity index (χ3n) is 5.01. The fraction of sp³-hybridized carbons (Fsp3) is 0.0455. The number of aromatic amines is 1. The van der Waals surface area contributed by atoms with Crippen LogP contribution in [0.5, 0.6) is 0 Å². The molecular weight excluding hydrogens is 430 g/mol. The summed E-state index contributed by atoms with van der Waals surface area (Å²) in [5, 5.41) is 5.58. The summed E-state index contributed by atoms with van der Waals surface area (Å²) in [5.74, 6) is -0.339. The lowest BCUT2D eigenvalue weighted by molar-refractivity contribution is 0.0964. The van der Waals surface area contributed by atoms with Gasteiger partial charge in [0.05, 0.1) is 23.0 Å². The average Bonchev–Trinajstić information content (AvgIpc) is 3.18. The van der Waals surface area contributed by atoms with E-state index in [0.29, 0.717) is 38.2 Å². The second-order valence-corrected chi connectivity index (χ2v) is 7.46. The summed E-state index contributed by atoms with van der Waals surface area (Å²) >= 11 is 6.35. The lowest BCUT2D eigenvalue weighted by Gasteiger charge is -2.12. The van der Waals surface area contributed by atoms with Crippen molar-refractivity contribution in [2.24, 2.45) is 7.05 Å². The van der Waals surface area contributed by atoms with Gasteiger partial charge < -0.3 is 0 Å². The monoisotopic (exact) mass is 445 g/mol. The quantitative estimate of drug-likeness (QED) is 0.365. The van der Waals surface area contributed by atoms with Crippen molar-refractivity contribution in [3.8, 4) is 11.3 Å². The predicted octanol–water partition coefficient (Wildman–Crippen LogP) is 3.28. The maximum Gasteiger partial charge on any atom is 0.270 e. The maximum atomic E-state index is 13.1. The van der Waals surface area contributed by atoms with E-state index in [1.165, 1.54) is 10.9 Å². The number of rotatable bonds is 4. The van der Waals surface area contributed by atoms with Gasteiger partial charge in [0.25, 0.3) is 11.5 Å². The van der Waals surface area contributed by atoms with Crippen LogP contribution in [0.3, 0.4) is 0 Å². The summed E-state index contributed by atoms with van der Waals surface area (Å²) in [6, 6.07) is 16.3. The standard InChI is InChI=1S/C22H16ClN7O2/c1-30-19-15(11-24-30)20(31)27-22(26-19)29-28-21(32)14-10-18(13-7-2-4-8-16(13)23)25-17-9-5-3-6-12(14)17/h2-11H,1H3,(H,28,32)(H2,26,27,29,31). The minimum atomic E-state index is -0.426. The van der Waals surface area contributed by atoms with Gasteiger partial charge in [0.2, 0.25) is 5.95 Å². The number of para-hydroxylation sites is 1. The molecule has 3 heterocycles. The number of hydrogen-bond acceptors (Lipinski definition) is 6. The molecule has 0 aliphatic carbocycles. The Hall–Kier alpha value is -4.24. The minimum Gasteiger partial charge on any atom is -0.291 e. The van der Waals surface area contributed by atoms with Crippen molar-refractivity contribution in [1.29, 1.82) is 0 Å². The molecule has 0 aliphatic rings. The van der Waals surface area contributed by atoms with Crippen LogP contribution in [0, 0.1) is 0 Å². The van der Waals surface area contributed by atoms with Crippen molar-refractivity contribution in [3.63, 3.8) is 0 Å². The third kappa shape index (κ3) is 3.44. The Bertz CT molecular complexity index is 1560. The smallest absolute Gasteiger partial charge is 0.270 e. The molecule has 32 heavy (non-hydrogen) atoms. The minimum absolute atomic E-state index is 0.0872. The fourth-order valence-corrected chi connectivity index (χ4v) is 3.68. The molecule has 0 radical (unpaired) electrons. The van der Waals surface area contributed by atoms with Crippen LogP contribution in [0.1, 0.15) is 10.4 Å². The molecular formula is C22H16ClN7O2. The number of H-pyrrole nitrogens is 1. The van der Waals surface area contributed by atoms with Crippen LogP contribution < -0.4 is 16.4 Å². The number of fused-ring (bicyclic) bond motifs is 2. The molecule has 5 aromatic rings. The number of aromatic nitrogens is 5. The van der Waals surface area contributed by atoms with E-state index in [2.05, 4.69) is 30.9 Å². The summed E-state index contributed by atoms with van der Waals surface area (Å²) in [6.45, 7) is 0. The zero-order chi connectivity index (χ0) is 22.2.